The summed E-state index contributed by atoms with van der Waals surface area (Å²) >= 11 is 0. The van der Waals surface area contributed by atoms with Crippen LogP contribution in [0.25, 0.3) is 0 Å². The molecule has 0 aromatic heterocycles. The Morgan fingerprint density at radius 3 is 2.00 bits per heavy atom. The molecule has 1 rings (SSSR count). The second-order valence-corrected chi connectivity index (χ2v) is 4.64. The minimum absolute atomic E-state index is 0.402. The third-order valence-corrected chi connectivity index (χ3v) is 4.39. The van der Waals surface area contributed by atoms with Crippen LogP contribution in [0.3, 0.4) is 0 Å². The van der Waals surface area contributed by atoms with E-state index in [1.807, 2.05) is 0 Å². The molecule has 0 aromatic carbocycles. The van der Waals surface area contributed by atoms with E-state index in [2.05, 4.69) is 39.1 Å². The van der Waals surface area contributed by atoms with Crippen LogP contribution in [-0.4, -0.2) is 20.1 Å². The van der Waals surface area contributed by atoms with Crippen LogP contribution in [0, 0.1) is 0 Å². The van der Waals surface area contributed by atoms with Gasteiger partial charge in [-0.1, -0.05) is 46.8 Å². The first-order chi connectivity index (χ1) is 6.66. The molecule has 0 spiro atoms. The van der Waals surface area contributed by atoms with Gasteiger partial charge in [0, 0.05) is 0 Å². The standard InChI is InChI=1S/C12H25BO/c1-6-11-10-14(5)13(8-3,9-4)12(11)7-2/h6-10H2,1-5H3. The van der Waals surface area contributed by atoms with E-state index in [9.17, 15) is 0 Å². The van der Waals surface area contributed by atoms with E-state index in [-0.39, 0.29) is 0 Å². The molecule has 0 amide bonds. The number of hydrogen-bond donors (Lipinski definition) is 0. The summed E-state index contributed by atoms with van der Waals surface area (Å²) in [4.78, 5) is 0. The lowest BCUT2D eigenvalue weighted by atomic mass is 9.31. The van der Waals surface area contributed by atoms with E-state index in [1.54, 1.807) is 11.0 Å². The van der Waals surface area contributed by atoms with Crippen LogP contribution in [0.15, 0.2) is 11.0 Å². The lowest BCUT2D eigenvalue weighted by Crippen LogP contribution is -2.42. The molecule has 1 nitrogen and oxygen atoms in total. The maximum absolute atomic E-state index is 3.46. The first kappa shape index (κ1) is 11.8. The van der Waals surface area contributed by atoms with Crippen LogP contribution in [0.2, 0.25) is 12.6 Å². The quantitative estimate of drug-likeness (QED) is 0.474. The Morgan fingerprint density at radius 1 is 1.07 bits per heavy atom. The van der Waals surface area contributed by atoms with E-state index in [1.165, 1.54) is 25.5 Å². The summed E-state index contributed by atoms with van der Waals surface area (Å²) in [6, 6.07) is 0. The van der Waals surface area contributed by atoms with Crippen molar-refractivity contribution in [2.75, 3.05) is 13.7 Å². The highest BCUT2D eigenvalue weighted by Crippen LogP contribution is 2.41. The normalized spacial score (nSPS) is 22.1. The molecule has 0 N–H and O–H groups in total. The summed E-state index contributed by atoms with van der Waals surface area (Å²) < 4.78 is 3.46. The molecule has 0 saturated heterocycles. The summed E-state index contributed by atoms with van der Waals surface area (Å²) in [6.07, 6.45) is 4.63. The molecule has 0 radical (unpaired) electrons. The van der Waals surface area contributed by atoms with Gasteiger partial charge in [-0.3, -0.25) is 0 Å². The zero-order valence-electron chi connectivity index (χ0n) is 10.5. The van der Waals surface area contributed by atoms with E-state index >= 15 is 0 Å². The highest BCUT2D eigenvalue weighted by Gasteiger charge is 2.43. The van der Waals surface area contributed by atoms with Gasteiger partial charge in [-0.15, -0.1) is 5.47 Å². The first-order valence-electron chi connectivity index (χ1n) is 6.18. The van der Waals surface area contributed by atoms with Crippen LogP contribution in [0.1, 0.15) is 40.5 Å². The van der Waals surface area contributed by atoms with Crippen LogP contribution < -0.4 is 0 Å². The van der Waals surface area contributed by atoms with Gasteiger partial charge >= 0.3 is 6.35 Å². The maximum atomic E-state index is 3.46. The second kappa shape index (κ2) is 4.52. The Balaban J connectivity index is 3.08. The van der Waals surface area contributed by atoms with Crippen LogP contribution in [-0.2, 0) is 4.28 Å². The van der Waals surface area contributed by atoms with Gasteiger partial charge in [-0.2, -0.15) is 0 Å². The highest BCUT2D eigenvalue weighted by atomic mass is 16.6. The molecule has 0 aromatic rings. The summed E-state index contributed by atoms with van der Waals surface area (Å²) in [7, 11) is 2.23. The first-order valence-corrected chi connectivity index (χ1v) is 6.18. The molecule has 1 aliphatic heterocycles. The van der Waals surface area contributed by atoms with Crippen LogP contribution >= 0.6 is 0 Å². The van der Waals surface area contributed by atoms with Gasteiger partial charge < -0.3 is 4.28 Å². The van der Waals surface area contributed by atoms with Gasteiger partial charge in [-0.25, -0.2) is 0 Å². The monoisotopic (exact) mass is 196 g/mol. The van der Waals surface area contributed by atoms with Crippen molar-refractivity contribution in [3.63, 3.8) is 0 Å². The van der Waals surface area contributed by atoms with Crippen molar-refractivity contribution in [1.29, 1.82) is 0 Å². The van der Waals surface area contributed by atoms with Crippen molar-refractivity contribution in [3.05, 3.63) is 11.0 Å². The van der Waals surface area contributed by atoms with Crippen LogP contribution in [0.5, 0.6) is 0 Å². The molecule has 1 aliphatic rings. The summed E-state index contributed by atoms with van der Waals surface area (Å²) in [5.41, 5.74) is 3.44. The largest absolute Gasteiger partial charge is 0.667 e. The predicted molar refractivity (Wildman–Crippen MR) is 66.2 cm³/mol. The van der Waals surface area contributed by atoms with Gasteiger partial charge in [0.2, 0.25) is 0 Å². The van der Waals surface area contributed by atoms with Crippen molar-refractivity contribution < 1.29 is 4.28 Å². The maximum Gasteiger partial charge on any atom is 0.317 e. The van der Waals surface area contributed by atoms with E-state index in [4.69, 9.17) is 0 Å². The van der Waals surface area contributed by atoms with Gasteiger partial charge in [-0.05, 0) is 12.0 Å². The van der Waals surface area contributed by atoms with Crippen molar-refractivity contribution >= 4 is 6.35 Å². The Labute approximate surface area is 89.2 Å². The third kappa shape index (κ3) is 1.54. The van der Waals surface area contributed by atoms with Gasteiger partial charge in [0.15, 0.2) is 0 Å². The van der Waals surface area contributed by atoms with Crippen molar-refractivity contribution in [3.8, 4) is 0 Å². The number of rotatable bonds is 4. The molecule has 0 saturated carbocycles. The van der Waals surface area contributed by atoms with E-state index < -0.39 is 6.35 Å². The van der Waals surface area contributed by atoms with Crippen molar-refractivity contribution in [2.24, 2.45) is 0 Å². The Hall–Kier alpha value is -0.235. The lowest BCUT2D eigenvalue weighted by Gasteiger charge is -2.40. The number of allylic oxidation sites excluding steroid dienone is 1. The molecule has 0 unspecified atom stereocenters. The molecule has 0 fully saturated rings. The molecule has 0 atom stereocenters. The Morgan fingerprint density at radius 2 is 1.64 bits per heavy atom. The zero-order chi connectivity index (χ0) is 10.8. The summed E-state index contributed by atoms with van der Waals surface area (Å²) in [5.74, 6) is 0. The Bertz CT molecular complexity index is 228. The summed E-state index contributed by atoms with van der Waals surface area (Å²) in [6.45, 7) is 10.4. The topological polar surface area (TPSA) is 2.70 Å². The SMILES string of the molecule is CCC1=C(CC)[B-](CC)(CC)[O+](C)C1. The highest BCUT2D eigenvalue weighted by molar-refractivity contribution is 6.82. The molecule has 2 heteroatoms. The average Bonchev–Trinajstić information content (AvgIpc) is 2.50. The van der Waals surface area contributed by atoms with Crippen molar-refractivity contribution in [2.45, 2.75) is 53.2 Å². The van der Waals surface area contributed by atoms with Crippen LogP contribution in [0.4, 0.5) is 0 Å². The third-order valence-electron chi connectivity index (χ3n) is 4.39. The average molecular weight is 196 g/mol. The van der Waals surface area contributed by atoms with Gasteiger partial charge in [0.1, 0.15) is 6.61 Å². The fourth-order valence-electron chi connectivity index (χ4n) is 3.44. The molecule has 82 valence electrons. The predicted octanol–water partition coefficient (Wildman–Crippen LogP) is 3.82. The molecular formula is C12H25BO. The second-order valence-electron chi connectivity index (χ2n) is 4.64. The molecular weight excluding hydrogens is 171 g/mol. The zero-order valence-corrected chi connectivity index (χ0v) is 10.5. The minimum Gasteiger partial charge on any atom is -0.667 e. The van der Waals surface area contributed by atoms with Gasteiger partial charge in [0.25, 0.3) is 0 Å². The van der Waals surface area contributed by atoms with Gasteiger partial charge in [0.05, 0.1) is 7.11 Å². The molecule has 14 heavy (non-hydrogen) atoms. The lowest BCUT2D eigenvalue weighted by molar-refractivity contribution is 0.0720. The fraction of sp³-hybridized carbons (Fsp3) is 0.833. The molecule has 0 bridgehead atoms. The minimum atomic E-state index is -0.402. The fourth-order valence-corrected chi connectivity index (χ4v) is 3.44. The Kier molecular flexibility index (Phi) is 3.82. The number of hydrogen-bond acceptors (Lipinski definition) is 0. The van der Waals surface area contributed by atoms with E-state index in [0.29, 0.717) is 0 Å². The smallest absolute Gasteiger partial charge is 0.317 e. The molecule has 1 heterocycles. The molecule has 0 aliphatic carbocycles. The summed E-state index contributed by atoms with van der Waals surface area (Å²) in [5, 5.41) is 0. The van der Waals surface area contributed by atoms with Crippen molar-refractivity contribution in [1.82, 2.24) is 0 Å². The van der Waals surface area contributed by atoms with E-state index in [0.717, 1.165) is 6.61 Å².